The van der Waals surface area contributed by atoms with Crippen molar-refractivity contribution >= 4 is 40.2 Å². The van der Waals surface area contributed by atoms with Crippen molar-refractivity contribution in [2.24, 2.45) is 0 Å². The highest BCUT2D eigenvalue weighted by Crippen LogP contribution is 2.32. The number of rotatable bonds is 5. The Morgan fingerprint density at radius 3 is 2.20 bits per heavy atom. The number of nitrogens with zero attached hydrogens (tertiary/aromatic N) is 1. The lowest BCUT2D eigenvalue weighted by atomic mass is 10.0. The SMILES string of the molecule is Cc1ccc(C(=O)NC2CCN(c3cc(C(=O)NC4CCOCC4)sc3C)CC2)s1. The van der Waals surface area contributed by atoms with E-state index in [-0.39, 0.29) is 23.9 Å². The van der Waals surface area contributed by atoms with Crippen molar-refractivity contribution in [3.63, 3.8) is 0 Å². The number of aryl methyl sites for hydroxylation is 2. The first-order valence-corrected chi connectivity index (χ1v) is 12.2. The molecule has 30 heavy (non-hydrogen) atoms. The minimum atomic E-state index is 0.0228. The van der Waals surface area contributed by atoms with Gasteiger partial charge in [-0.05, 0) is 57.7 Å². The molecule has 2 aromatic rings. The molecule has 2 aliphatic rings. The van der Waals surface area contributed by atoms with Crippen LogP contribution in [0.1, 0.15) is 54.8 Å². The van der Waals surface area contributed by atoms with E-state index >= 15 is 0 Å². The van der Waals surface area contributed by atoms with Crippen molar-refractivity contribution in [1.82, 2.24) is 10.6 Å². The van der Waals surface area contributed by atoms with Crippen LogP contribution in [0.3, 0.4) is 0 Å². The van der Waals surface area contributed by atoms with E-state index in [0.717, 1.165) is 72.3 Å². The van der Waals surface area contributed by atoms with Crippen LogP contribution < -0.4 is 15.5 Å². The number of piperidine rings is 1. The Hall–Kier alpha value is -1.90. The number of ether oxygens (including phenoxy) is 1. The van der Waals surface area contributed by atoms with E-state index in [9.17, 15) is 9.59 Å². The third kappa shape index (κ3) is 5.04. The van der Waals surface area contributed by atoms with Gasteiger partial charge in [0, 0.05) is 48.1 Å². The molecule has 0 aromatic carbocycles. The molecule has 0 atom stereocenters. The molecule has 2 amide bonds. The Balaban J connectivity index is 1.31. The molecule has 0 saturated carbocycles. The highest BCUT2D eigenvalue weighted by Gasteiger charge is 2.25. The predicted octanol–water partition coefficient (Wildman–Crippen LogP) is 3.73. The molecule has 2 aliphatic heterocycles. The summed E-state index contributed by atoms with van der Waals surface area (Å²) in [7, 11) is 0. The summed E-state index contributed by atoms with van der Waals surface area (Å²) in [6.07, 6.45) is 3.59. The molecule has 2 aromatic heterocycles. The minimum Gasteiger partial charge on any atom is -0.381 e. The molecule has 2 N–H and O–H groups in total. The average Bonchev–Trinajstić information content (AvgIpc) is 3.35. The van der Waals surface area contributed by atoms with Gasteiger partial charge in [-0.3, -0.25) is 9.59 Å². The Labute approximate surface area is 185 Å². The molecule has 2 fully saturated rings. The largest absolute Gasteiger partial charge is 0.381 e. The van der Waals surface area contributed by atoms with Crippen LogP contribution in [0.15, 0.2) is 18.2 Å². The summed E-state index contributed by atoms with van der Waals surface area (Å²) in [6.45, 7) is 7.30. The summed E-state index contributed by atoms with van der Waals surface area (Å²) >= 11 is 3.10. The quantitative estimate of drug-likeness (QED) is 0.733. The summed E-state index contributed by atoms with van der Waals surface area (Å²) < 4.78 is 5.37. The van der Waals surface area contributed by atoms with Crippen molar-refractivity contribution in [2.45, 2.75) is 51.6 Å². The molecule has 0 unspecified atom stereocenters. The van der Waals surface area contributed by atoms with Gasteiger partial charge in [-0.15, -0.1) is 22.7 Å². The number of amides is 2. The average molecular weight is 448 g/mol. The molecule has 0 bridgehead atoms. The van der Waals surface area contributed by atoms with E-state index in [1.165, 1.54) is 16.2 Å². The van der Waals surface area contributed by atoms with Gasteiger partial charge >= 0.3 is 0 Å². The van der Waals surface area contributed by atoms with Gasteiger partial charge in [0.15, 0.2) is 0 Å². The summed E-state index contributed by atoms with van der Waals surface area (Å²) in [5.41, 5.74) is 1.15. The molecule has 8 heteroatoms. The number of anilines is 1. The summed E-state index contributed by atoms with van der Waals surface area (Å²) in [5, 5.41) is 6.33. The predicted molar refractivity (Wildman–Crippen MR) is 122 cm³/mol. The van der Waals surface area contributed by atoms with Crippen molar-refractivity contribution in [3.05, 3.63) is 37.7 Å². The maximum atomic E-state index is 12.7. The van der Waals surface area contributed by atoms with Gasteiger partial charge < -0.3 is 20.3 Å². The number of hydrogen-bond acceptors (Lipinski definition) is 6. The summed E-state index contributed by atoms with van der Waals surface area (Å²) in [5.74, 6) is 0.0555. The van der Waals surface area contributed by atoms with Crippen LogP contribution in [0.25, 0.3) is 0 Å². The van der Waals surface area contributed by atoms with E-state index < -0.39 is 0 Å². The first-order chi connectivity index (χ1) is 14.5. The molecule has 0 aliphatic carbocycles. The summed E-state index contributed by atoms with van der Waals surface area (Å²) in [6, 6.07) is 6.32. The third-order valence-electron chi connectivity index (χ3n) is 5.81. The van der Waals surface area contributed by atoms with Gasteiger partial charge in [0.2, 0.25) is 0 Å². The smallest absolute Gasteiger partial charge is 0.261 e. The second-order valence-electron chi connectivity index (χ2n) is 8.06. The van der Waals surface area contributed by atoms with E-state index in [2.05, 4.69) is 22.5 Å². The molecular formula is C22H29N3O3S2. The Morgan fingerprint density at radius 2 is 1.57 bits per heavy atom. The Bertz CT molecular complexity index is 893. The molecule has 0 spiro atoms. The highest BCUT2D eigenvalue weighted by molar-refractivity contribution is 7.14. The van der Waals surface area contributed by atoms with Crippen LogP contribution >= 0.6 is 22.7 Å². The van der Waals surface area contributed by atoms with E-state index in [1.807, 2.05) is 25.1 Å². The van der Waals surface area contributed by atoms with Crippen LogP contribution in [0, 0.1) is 13.8 Å². The van der Waals surface area contributed by atoms with Crippen LogP contribution in [0.5, 0.6) is 0 Å². The van der Waals surface area contributed by atoms with Gasteiger partial charge in [-0.25, -0.2) is 0 Å². The zero-order valence-corrected chi connectivity index (χ0v) is 19.2. The molecule has 4 rings (SSSR count). The maximum absolute atomic E-state index is 12.7. The van der Waals surface area contributed by atoms with Gasteiger partial charge in [0.05, 0.1) is 15.4 Å². The fraction of sp³-hybridized carbons (Fsp3) is 0.545. The van der Waals surface area contributed by atoms with E-state index in [4.69, 9.17) is 4.74 Å². The zero-order valence-electron chi connectivity index (χ0n) is 17.5. The number of nitrogens with one attached hydrogen (secondary N) is 2. The topological polar surface area (TPSA) is 70.7 Å². The lowest BCUT2D eigenvalue weighted by Crippen LogP contribution is -2.44. The van der Waals surface area contributed by atoms with Crippen molar-refractivity contribution in [2.75, 3.05) is 31.2 Å². The van der Waals surface area contributed by atoms with Gasteiger partial charge in [0.25, 0.3) is 11.8 Å². The number of carbonyl (C=O) groups excluding carboxylic acids is 2. The standard InChI is InChI=1S/C22H29N3O3S2/c1-14-3-4-19(29-14)21(26)23-16-5-9-25(10-6-16)18-13-20(30-15(18)2)22(27)24-17-7-11-28-12-8-17/h3-4,13,16-17H,5-12H2,1-2H3,(H,23,26)(H,24,27). The van der Waals surface area contributed by atoms with Crippen molar-refractivity contribution in [3.8, 4) is 0 Å². The van der Waals surface area contributed by atoms with E-state index in [1.54, 1.807) is 11.3 Å². The first-order valence-electron chi connectivity index (χ1n) is 10.6. The van der Waals surface area contributed by atoms with Gasteiger partial charge in [-0.1, -0.05) is 0 Å². The van der Waals surface area contributed by atoms with Crippen LogP contribution in [0.4, 0.5) is 5.69 Å². The lowest BCUT2D eigenvalue weighted by molar-refractivity contribution is 0.0698. The minimum absolute atomic E-state index is 0.0228. The normalized spacial score (nSPS) is 18.4. The number of hydrogen-bond donors (Lipinski definition) is 2. The first kappa shape index (κ1) is 21.3. The molecular weight excluding hydrogens is 418 g/mol. The van der Waals surface area contributed by atoms with Crippen LogP contribution in [0.2, 0.25) is 0 Å². The second kappa shape index (κ2) is 9.49. The molecule has 0 radical (unpaired) electrons. The lowest BCUT2D eigenvalue weighted by Gasteiger charge is -2.33. The van der Waals surface area contributed by atoms with Crippen molar-refractivity contribution in [1.29, 1.82) is 0 Å². The van der Waals surface area contributed by atoms with Crippen LogP contribution in [-0.2, 0) is 4.74 Å². The summed E-state index contributed by atoms with van der Waals surface area (Å²) in [4.78, 5) is 31.3. The fourth-order valence-electron chi connectivity index (χ4n) is 4.07. The third-order valence-corrected chi connectivity index (χ3v) is 7.84. The van der Waals surface area contributed by atoms with Gasteiger partial charge in [-0.2, -0.15) is 0 Å². The van der Waals surface area contributed by atoms with Crippen LogP contribution in [-0.4, -0.2) is 50.2 Å². The Kier molecular flexibility index (Phi) is 6.75. The molecule has 6 nitrogen and oxygen atoms in total. The monoisotopic (exact) mass is 447 g/mol. The Morgan fingerprint density at radius 1 is 0.933 bits per heavy atom. The van der Waals surface area contributed by atoms with E-state index in [0.29, 0.717) is 0 Å². The molecule has 162 valence electrons. The number of carbonyl (C=O) groups is 2. The zero-order chi connectivity index (χ0) is 21.1. The van der Waals surface area contributed by atoms with Gasteiger partial charge in [0.1, 0.15) is 0 Å². The molecule has 2 saturated heterocycles. The maximum Gasteiger partial charge on any atom is 0.261 e. The molecule has 4 heterocycles. The number of thiophene rings is 2. The van der Waals surface area contributed by atoms with Crippen molar-refractivity contribution < 1.29 is 14.3 Å². The fourth-order valence-corrected chi connectivity index (χ4v) is 5.79. The second-order valence-corrected chi connectivity index (χ2v) is 10.6. The highest BCUT2D eigenvalue weighted by atomic mass is 32.1.